The molecule has 0 aliphatic carbocycles. The topological polar surface area (TPSA) is 53.3 Å². The molecule has 24 heavy (non-hydrogen) atoms. The number of hydrogen-bond acceptors (Lipinski definition) is 3. The highest BCUT2D eigenvalue weighted by atomic mass is 35.5. The molecule has 0 aliphatic rings. The predicted molar refractivity (Wildman–Crippen MR) is 96.0 cm³/mol. The summed E-state index contributed by atoms with van der Waals surface area (Å²) >= 11 is 12.2. The van der Waals surface area contributed by atoms with E-state index in [0.717, 1.165) is 5.75 Å². The number of carbonyl (C=O) groups is 1. The lowest BCUT2D eigenvalue weighted by Gasteiger charge is -2.23. The van der Waals surface area contributed by atoms with Crippen LogP contribution in [0.5, 0.6) is 5.75 Å². The summed E-state index contributed by atoms with van der Waals surface area (Å²) in [6, 6.07) is 14.1. The highest BCUT2D eigenvalue weighted by Gasteiger charge is 2.21. The quantitative estimate of drug-likeness (QED) is 0.730. The number of hydrogen-bond donors (Lipinski definition) is 0. The van der Waals surface area contributed by atoms with Gasteiger partial charge < -0.3 is 9.64 Å². The van der Waals surface area contributed by atoms with Crippen molar-refractivity contribution in [2.75, 3.05) is 18.1 Å². The molecule has 6 heteroatoms. The fourth-order valence-corrected chi connectivity index (χ4v) is 2.59. The third-order valence-electron chi connectivity index (χ3n) is 3.33. The molecular formula is C18H16Cl2N2O2. The van der Waals surface area contributed by atoms with Gasteiger partial charge in [0.05, 0.1) is 34.7 Å². The summed E-state index contributed by atoms with van der Waals surface area (Å²) in [6.07, 6.45) is 0.205. The molecule has 0 radical (unpaired) electrons. The largest absolute Gasteiger partial charge is 0.494 e. The standard InChI is InChI=1S/C18H16Cl2N2O2/c1-2-24-14-9-7-13(8-10-14)22(12-4-11-21)18(23)15-5-3-6-16(19)17(15)20/h3,5-10H,2,4,12H2,1H3. The summed E-state index contributed by atoms with van der Waals surface area (Å²) in [5.41, 5.74) is 0.964. The maximum absolute atomic E-state index is 12.9. The van der Waals surface area contributed by atoms with Crippen LogP contribution in [-0.4, -0.2) is 19.1 Å². The Morgan fingerprint density at radius 3 is 2.54 bits per heavy atom. The Balaban J connectivity index is 2.35. The molecule has 0 heterocycles. The van der Waals surface area contributed by atoms with Gasteiger partial charge >= 0.3 is 0 Å². The van der Waals surface area contributed by atoms with Gasteiger partial charge in [-0.3, -0.25) is 4.79 Å². The van der Waals surface area contributed by atoms with E-state index in [1.807, 2.05) is 6.92 Å². The van der Waals surface area contributed by atoms with Gasteiger partial charge in [-0.05, 0) is 43.3 Å². The summed E-state index contributed by atoms with van der Waals surface area (Å²) in [4.78, 5) is 14.4. The van der Waals surface area contributed by atoms with Crippen LogP contribution >= 0.6 is 23.2 Å². The first-order chi connectivity index (χ1) is 11.6. The molecule has 0 aliphatic heterocycles. The Morgan fingerprint density at radius 1 is 1.21 bits per heavy atom. The maximum Gasteiger partial charge on any atom is 0.259 e. The van der Waals surface area contributed by atoms with E-state index in [2.05, 4.69) is 6.07 Å². The van der Waals surface area contributed by atoms with E-state index in [9.17, 15) is 4.79 Å². The van der Waals surface area contributed by atoms with E-state index in [1.165, 1.54) is 4.90 Å². The average Bonchev–Trinajstić information content (AvgIpc) is 2.59. The zero-order valence-electron chi connectivity index (χ0n) is 13.1. The van der Waals surface area contributed by atoms with Crippen molar-refractivity contribution in [3.63, 3.8) is 0 Å². The molecule has 0 atom stereocenters. The molecule has 0 saturated heterocycles. The van der Waals surface area contributed by atoms with Crippen LogP contribution in [-0.2, 0) is 0 Å². The number of carbonyl (C=O) groups excluding carboxylic acids is 1. The Hall–Kier alpha value is -2.22. The molecule has 0 saturated carbocycles. The molecule has 0 bridgehead atoms. The Kier molecular flexibility index (Phi) is 6.48. The first kappa shape index (κ1) is 18.1. The molecule has 2 aromatic carbocycles. The second kappa shape index (κ2) is 8.58. The minimum Gasteiger partial charge on any atom is -0.494 e. The molecular weight excluding hydrogens is 347 g/mol. The third-order valence-corrected chi connectivity index (χ3v) is 4.15. The fraction of sp³-hybridized carbons (Fsp3) is 0.222. The Morgan fingerprint density at radius 2 is 1.92 bits per heavy atom. The molecule has 0 spiro atoms. The zero-order chi connectivity index (χ0) is 17.5. The summed E-state index contributed by atoms with van der Waals surface area (Å²) in [6.45, 7) is 2.72. The molecule has 2 rings (SSSR count). The summed E-state index contributed by atoms with van der Waals surface area (Å²) in [5.74, 6) is 0.414. The smallest absolute Gasteiger partial charge is 0.259 e. The van der Waals surface area contributed by atoms with Crippen LogP contribution in [0.4, 0.5) is 5.69 Å². The lowest BCUT2D eigenvalue weighted by Crippen LogP contribution is -2.32. The van der Waals surface area contributed by atoms with Gasteiger partial charge in [0, 0.05) is 12.2 Å². The molecule has 4 nitrogen and oxygen atoms in total. The first-order valence-electron chi connectivity index (χ1n) is 7.44. The van der Waals surface area contributed by atoms with Gasteiger partial charge in [-0.2, -0.15) is 5.26 Å². The molecule has 0 aromatic heterocycles. The first-order valence-corrected chi connectivity index (χ1v) is 8.19. The number of nitrogens with zero attached hydrogens (tertiary/aromatic N) is 2. The van der Waals surface area contributed by atoms with E-state index >= 15 is 0 Å². The van der Waals surface area contributed by atoms with Crippen molar-refractivity contribution in [3.8, 4) is 11.8 Å². The van der Waals surface area contributed by atoms with E-state index in [4.69, 9.17) is 33.2 Å². The van der Waals surface area contributed by atoms with Crippen molar-refractivity contribution in [1.82, 2.24) is 0 Å². The van der Waals surface area contributed by atoms with Crippen molar-refractivity contribution >= 4 is 34.8 Å². The van der Waals surface area contributed by atoms with Gasteiger partial charge in [0.1, 0.15) is 5.75 Å². The van der Waals surface area contributed by atoms with Crippen LogP contribution in [0, 0.1) is 11.3 Å². The lowest BCUT2D eigenvalue weighted by molar-refractivity contribution is 0.0987. The number of amides is 1. The van der Waals surface area contributed by atoms with Gasteiger partial charge in [-0.15, -0.1) is 0 Å². The number of anilines is 1. The normalized spacial score (nSPS) is 10.1. The van der Waals surface area contributed by atoms with Crippen molar-refractivity contribution in [3.05, 3.63) is 58.1 Å². The van der Waals surface area contributed by atoms with Gasteiger partial charge in [0.25, 0.3) is 5.91 Å². The van der Waals surface area contributed by atoms with Crippen molar-refractivity contribution in [2.24, 2.45) is 0 Å². The number of ether oxygens (including phenoxy) is 1. The van der Waals surface area contributed by atoms with Crippen molar-refractivity contribution < 1.29 is 9.53 Å². The molecule has 124 valence electrons. The van der Waals surface area contributed by atoms with Gasteiger partial charge in [-0.1, -0.05) is 29.3 Å². The van der Waals surface area contributed by atoms with E-state index in [-0.39, 0.29) is 23.9 Å². The number of benzene rings is 2. The summed E-state index contributed by atoms with van der Waals surface area (Å²) in [5, 5.41) is 9.39. The molecule has 2 aromatic rings. The fourth-order valence-electron chi connectivity index (χ4n) is 2.21. The van der Waals surface area contributed by atoms with Gasteiger partial charge in [0.15, 0.2) is 0 Å². The molecule has 1 amide bonds. The predicted octanol–water partition coefficient (Wildman–Crippen LogP) is 4.95. The minimum atomic E-state index is -0.304. The average molecular weight is 363 g/mol. The van der Waals surface area contributed by atoms with E-state index in [1.54, 1.807) is 42.5 Å². The second-order valence-electron chi connectivity index (χ2n) is 4.89. The van der Waals surface area contributed by atoms with E-state index in [0.29, 0.717) is 22.9 Å². The maximum atomic E-state index is 12.9. The van der Waals surface area contributed by atoms with Crippen LogP contribution in [0.1, 0.15) is 23.7 Å². The second-order valence-corrected chi connectivity index (χ2v) is 5.68. The Labute approximate surface area is 151 Å². The SMILES string of the molecule is CCOc1ccc(N(CCC#N)C(=O)c2cccc(Cl)c2Cl)cc1. The van der Waals surface area contributed by atoms with Crippen LogP contribution in [0.25, 0.3) is 0 Å². The monoisotopic (exact) mass is 362 g/mol. The number of nitriles is 1. The highest BCUT2D eigenvalue weighted by molar-refractivity contribution is 6.44. The van der Waals surface area contributed by atoms with Crippen LogP contribution in [0.3, 0.4) is 0 Å². The minimum absolute atomic E-state index is 0.205. The van der Waals surface area contributed by atoms with Crippen molar-refractivity contribution in [2.45, 2.75) is 13.3 Å². The zero-order valence-corrected chi connectivity index (χ0v) is 14.6. The Bertz CT molecular complexity index is 755. The van der Waals surface area contributed by atoms with Crippen LogP contribution in [0.15, 0.2) is 42.5 Å². The molecule has 0 unspecified atom stereocenters. The molecule has 0 fully saturated rings. The van der Waals surface area contributed by atoms with E-state index < -0.39 is 0 Å². The summed E-state index contributed by atoms with van der Waals surface area (Å²) in [7, 11) is 0. The molecule has 0 N–H and O–H groups in total. The van der Waals surface area contributed by atoms with Gasteiger partial charge in [0.2, 0.25) is 0 Å². The van der Waals surface area contributed by atoms with Crippen LogP contribution in [0.2, 0.25) is 10.0 Å². The van der Waals surface area contributed by atoms with Gasteiger partial charge in [-0.25, -0.2) is 0 Å². The summed E-state index contributed by atoms with van der Waals surface area (Å²) < 4.78 is 5.41. The highest BCUT2D eigenvalue weighted by Crippen LogP contribution is 2.28. The number of halogens is 2. The number of rotatable bonds is 6. The lowest BCUT2D eigenvalue weighted by atomic mass is 10.1. The van der Waals surface area contributed by atoms with Crippen molar-refractivity contribution in [1.29, 1.82) is 5.26 Å². The van der Waals surface area contributed by atoms with Crippen LogP contribution < -0.4 is 9.64 Å². The third kappa shape index (κ3) is 4.19.